The lowest BCUT2D eigenvalue weighted by atomic mass is 10.3. The smallest absolute Gasteiger partial charge is 0.238 e. The van der Waals surface area contributed by atoms with Crippen LogP contribution in [0.3, 0.4) is 0 Å². The van der Waals surface area contributed by atoms with E-state index in [9.17, 15) is 8.42 Å². The van der Waals surface area contributed by atoms with Crippen LogP contribution in [0, 0.1) is 0 Å². The van der Waals surface area contributed by atoms with Crippen LogP contribution in [0.1, 0.15) is 12.8 Å². The highest BCUT2D eigenvalue weighted by Crippen LogP contribution is 2.33. The van der Waals surface area contributed by atoms with Crippen LogP contribution in [0.15, 0.2) is 28.7 Å². The standard InChI is InChI=1S/C11H14BrNO3S/c12-9-1-3-10(4-2-9)13(7-8-14)17(15,16)11-5-6-11/h1-4,11,14H,5-8H2. The Hall–Kier alpha value is -0.590. The van der Waals surface area contributed by atoms with Crippen molar-refractivity contribution in [1.29, 1.82) is 0 Å². The molecule has 0 amide bonds. The quantitative estimate of drug-likeness (QED) is 0.899. The van der Waals surface area contributed by atoms with E-state index in [-0.39, 0.29) is 18.4 Å². The molecule has 1 aliphatic carbocycles. The van der Waals surface area contributed by atoms with Crippen molar-refractivity contribution in [2.75, 3.05) is 17.5 Å². The van der Waals surface area contributed by atoms with Gasteiger partial charge in [-0.3, -0.25) is 4.31 Å². The summed E-state index contributed by atoms with van der Waals surface area (Å²) in [6, 6.07) is 7.06. The number of hydrogen-bond donors (Lipinski definition) is 1. The maximum absolute atomic E-state index is 12.2. The second-order valence-electron chi connectivity index (χ2n) is 4.02. The molecule has 0 saturated heterocycles. The van der Waals surface area contributed by atoms with Crippen LogP contribution in [-0.4, -0.2) is 31.9 Å². The van der Waals surface area contributed by atoms with Crippen molar-refractivity contribution in [3.63, 3.8) is 0 Å². The summed E-state index contributed by atoms with van der Waals surface area (Å²) in [7, 11) is -3.30. The molecule has 1 aromatic carbocycles. The normalized spacial score (nSPS) is 15.9. The maximum atomic E-state index is 12.2. The lowest BCUT2D eigenvalue weighted by molar-refractivity contribution is 0.306. The van der Waals surface area contributed by atoms with Crippen LogP contribution >= 0.6 is 15.9 Å². The molecule has 0 spiro atoms. The molecule has 17 heavy (non-hydrogen) atoms. The van der Waals surface area contributed by atoms with Gasteiger partial charge in [0.25, 0.3) is 0 Å². The molecule has 6 heteroatoms. The van der Waals surface area contributed by atoms with Gasteiger partial charge in [-0.2, -0.15) is 0 Å². The number of halogens is 1. The molecule has 4 nitrogen and oxygen atoms in total. The average molecular weight is 320 g/mol. The first-order chi connectivity index (χ1) is 8.05. The van der Waals surface area contributed by atoms with Crippen molar-refractivity contribution in [3.05, 3.63) is 28.7 Å². The van der Waals surface area contributed by atoms with Crippen LogP contribution < -0.4 is 4.31 Å². The zero-order chi connectivity index (χ0) is 12.5. The minimum Gasteiger partial charge on any atom is -0.394 e. The van der Waals surface area contributed by atoms with E-state index in [1.165, 1.54) is 4.31 Å². The number of anilines is 1. The molecule has 0 radical (unpaired) electrons. The van der Waals surface area contributed by atoms with Gasteiger partial charge in [-0.15, -0.1) is 0 Å². The van der Waals surface area contributed by atoms with E-state index in [4.69, 9.17) is 5.11 Å². The highest BCUT2D eigenvalue weighted by Gasteiger charge is 2.40. The van der Waals surface area contributed by atoms with E-state index in [1.54, 1.807) is 24.3 Å². The Morgan fingerprint density at radius 1 is 1.29 bits per heavy atom. The fraction of sp³-hybridized carbons (Fsp3) is 0.455. The molecule has 0 atom stereocenters. The molecule has 1 saturated carbocycles. The Balaban J connectivity index is 2.31. The molecule has 0 aliphatic heterocycles. The molecule has 0 heterocycles. The molecule has 1 fully saturated rings. The van der Waals surface area contributed by atoms with Crippen LogP contribution in [0.25, 0.3) is 0 Å². The summed E-state index contributed by atoms with van der Waals surface area (Å²) in [5.74, 6) is 0. The Bertz CT molecular complexity index is 482. The Morgan fingerprint density at radius 2 is 1.88 bits per heavy atom. The Labute approximate surface area is 109 Å². The zero-order valence-corrected chi connectivity index (χ0v) is 11.6. The maximum Gasteiger partial charge on any atom is 0.238 e. The highest BCUT2D eigenvalue weighted by atomic mass is 79.9. The van der Waals surface area contributed by atoms with Crippen LogP contribution in [0.4, 0.5) is 5.69 Å². The monoisotopic (exact) mass is 319 g/mol. The third kappa shape index (κ3) is 2.81. The first kappa shape index (κ1) is 12.9. The first-order valence-electron chi connectivity index (χ1n) is 5.43. The topological polar surface area (TPSA) is 57.6 Å². The number of aliphatic hydroxyl groups is 1. The van der Waals surface area contributed by atoms with Gasteiger partial charge in [0.15, 0.2) is 0 Å². The molecule has 2 rings (SSSR count). The lowest BCUT2D eigenvalue weighted by Gasteiger charge is -2.23. The predicted octanol–water partition coefficient (Wildman–Crippen LogP) is 1.74. The van der Waals surface area contributed by atoms with E-state index in [1.807, 2.05) is 0 Å². The average Bonchev–Trinajstić information content (AvgIpc) is 3.11. The number of hydrogen-bond acceptors (Lipinski definition) is 3. The van der Waals surface area contributed by atoms with Crippen LogP contribution in [0.5, 0.6) is 0 Å². The third-order valence-electron chi connectivity index (χ3n) is 2.67. The third-order valence-corrected chi connectivity index (χ3v) is 5.52. The zero-order valence-electron chi connectivity index (χ0n) is 9.21. The lowest BCUT2D eigenvalue weighted by Crippen LogP contribution is -2.36. The van der Waals surface area contributed by atoms with E-state index < -0.39 is 10.0 Å². The van der Waals surface area contributed by atoms with Gasteiger partial charge in [0, 0.05) is 4.47 Å². The van der Waals surface area contributed by atoms with E-state index in [2.05, 4.69) is 15.9 Å². The van der Waals surface area contributed by atoms with Gasteiger partial charge in [0.05, 0.1) is 24.1 Å². The number of sulfonamides is 1. The van der Waals surface area contributed by atoms with Gasteiger partial charge in [-0.25, -0.2) is 8.42 Å². The van der Waals surface area contributed by atoms with Crippen molar-refractivity contribution >= 4 is 31.6 Å². The van der Waals surface area contributed by atoms with Gasteiger partial charge in [-0.05, 0) is 37.1 Å². The van der Waals surface area contributed by atoms with Crippen LogP contribution in [-0.2, 0) is 10.0 Å². The number of aliphatic hydroxyl groups excluding tert-OH is 1. The largest absolute Gasteiger partial charge is 0.394 e. The second-order valence-corrected chi connectivity index (χ2v) is 7.07. The van der Waals surface area contributed by atoms with Gasteiger partial charge in [0.2, 0.25) is 10.0 Å². The van der Waals surface area contributed by atoms with Crippen molar-refractivity contribution in [2.45, 2.75) is 18.1 Å². The number of rotatable bonds is 5. The molecule has 1 aliphatic rings. The summed E-state index contributed by atoms with van der Waals surface area (Å²) < 4.78 is 26.5. The molecule has 0 aromatic heterocycles. The Morgan fingerprint density at radius 3 is 2.35 bits per heavy atom. The Kier molecular flexibility index (Phi) is 3.75. The van der Waals surface area contributed by atoms with Gasteiger partial charge in [-0.1, -0.05) is 15.9 Å². The van der Waals surface area contributed by atoms with E-state index in [0.717, 1.165) is 17.3 Å². The summed E-state index contributed by atoms with van der Waals surface area (Å²) >= 11 is 3.31. The summed E-state index contributed by atoms with van der Waals surface area (Å²) in [4.78, 5) is 0. The van der Waals surface area contributed by atoms with Crippen molar-refractivity contribution in [2.24, 2.45) is 0 Å². The fourth-order valence-electron chi connectivity index (χ4n) is 1.65. The van der Waals surface area contributed by atoms with E-state index in [0.29, 0.717) is 5.69 Å². The summed E-state index contributed by atoms with van der Waals surface area (Å²) in [5, 5.41) is 8.74. The molecule has 1 aromatic rings. The molecule has 1 N–H and O–H groups in total. The number of nitrogens with zero attached hydrogens (tertiary/aromatic N) is 1. The fourth-order valence-corrected chi connectivity index (χ4v) is 3.76. The van der Waals surface area contributed by atoms with Gasteiger partial charge >= 0.3 is 0 Å². The predicted molar refractivity (Wildman–Crippen MR) is 70.5 cm³/mol. The minimum atomic E-state index is -3.30. The minimum absolute atomic E-state index is 0.112. The van der Waals surface area contributed by atoms with Crippen molar-refractivity contribution in [3.8, 4) is 0 Å². The summed E-state index contributed by atoms with van der Waals surface area (Å²) in [6.07, 6.45) is 1.45. The van der Waals surface area contributed by atoms with Crippen molar-refractivity contribution < 1.29 is 13.5 Å². The molecule has 0 bridgehead atoms. The highest BCUT2D eigenvalue weighted by molar-refractivity contribution is 9.10. The summed E-state index contributed by atoms with van der Waals surface area (Å²) in [6.45, 7) is -0.0670. The summed E-state index contributed by atoms with van der Waals surface area (Å²) in [5.41, 5.74) is 0.606. The van der Waals surface area contributed by atoms with E-state index >= 15 is 0 Å². The van der Waals surface area contributed by atoms with Crippen molar-refractivity contribution in [1.82, 2.24) is 0 Å². The SMILES string of the molecule is O=S(=O)(C1CC1)N(CCO)c1ccc(Br)cc1. The number of benzene rings is 1. The molecule has 94 valence electrons. The molecular weight excluding hydrogens is 306 g/mol. The second kappa shape index (κ2) is 4.96. The first-order valence-corrected chi connectivity index (χ1v) is 7.73. The van der Waals surface area contributed by atoms with Gasteiger partial charge in [0.1, 0.15) is 0 Å². The van der Waals surface area contributed by atoms with Gasteiger partial charge < -0.3 is 5.11 Å². The molecular formula is C11H14BrNO3S. The van der Waals surface area contributed by atoms with Crippen LogP contribution in [0.2, 0.25) is 0 Å². The molecule has 0 unspecified atom stereocenters.